The van der Waals surface area contributed by atoms with E-state index in [1.807, 2.05) is 0 Å². The van der Waals surface area contributed by atoms with Crippen LogP contribution in [-0.4, -0.2) is 15.8 Å². The lowest BCUT2D eigenvalue weighted by molar-refractivity contribution is -0.391. The maximum Gasteiger partial charge on any atom is 0.334 e. The molecule has 0 atom stereocenters. The molecule has 0 fully saturated rings. The van der Waals surface area contributed by atoms with Gasteiger partial charge in [-0.25, -0.2) is 13.8 Å². The molecule has 1 aromatic rings. The number of nitrogens with two attached hydrogens (primary N) is 1. The van der Waals surface area contributed by atoms with Gasteiger partial charge < -0.3 is 15.8 Å². The smallest absolute Gasteiger partial charge is 0.334 e. The fourth-order valence-corrected chi connectivity index (χ4v) is 1.04. The molecule has 1 heterocycles. The van der Waals surface area contributed by atoms with Gasteiger partial charge in [0.15, 0.2) is 16.7 Å². The van der Waals surface area contributed by atoms with Gasteiger partial charge in [-0.05, 0) is 4.92 Å². The largest absolute Gasteiger partial charge is 0.362 e. The van der Waals surface area contributed by atoms with Gasteiger partial charge >= 0.3 is 5.82 Å². The monoisotopic (exact) mass is 233 g/mol. The summed E-state index contributed by atoms with van der Waals surface area (Å²) in [6, 6.07) is 0.497. The lowest BCUT2D eigenvalue weighted by atomic mass is 10.2. The summed E-state index contributed by atoms with van der Waals surface area (Å²) in [6.07, 6.45) is -3.31. The first kappa shape index (κ1) is 11.8. The summed E-state index contributed by atoms with van der Waals surface area (Å²) < 4.78 is 24.7. The van der Waals surface area contributed by atoms with Gasteiger partial charge in [0.1, 0.15) is 0 Å². The molecule has 86 valence electrons. The summed E-state index contributed by atoms with van der Waals surface area (Å²) in [4.78, 5) is 32.7. The van der Waals surface area contributed by atoms with Crippen molar-refractivity contribution >= 4 is 11.7 Å². The Labute approximate surface area is 86.0 Å². The van der Waals surface area contributed by atoms with E-state index in [0.717, 1.165) is 0 Å². The molecule has 0 saturated heterocycles. The van der Waals surface area contributed by atoms with E-state index in [1.165, 1.54) is 0 Å². The fraction of sp³-hybridized carbons (Fsp3) is 0.143. The molecule has 3 N–H and O–H groups in total. The summed E-state index contributed by atoms with van der Waals surface area (Å²) in [7, 11) is 0. The molecule has 0 aliphatic carbocycles. The fourth-order valence-electron chi connectivity index (χ4n) is 1.04. The van der Waals surface area contributed by atoms with E-state index in [1.54, 1.807) is 4.98 Å². The summed E-state index contributed by atoms with van der Waals surface area (Å²) >= 11 is 0. The quantitative estimate of drug-likeness (QED) is 0.576. The summed E-state index contributed by atoms with van der Waals surface area (Å²) in [5.41, 5.74) is 1.56. The van der Waals surface area contributed by atoms with Gasteiger partial charge in [-0.1, -0.05) is 0 Å². The zero-order chi connectivity index (χ0) is 12.5. The highest BCUT2D eigenvalue weighted by Gasteiger charge is 2.27. The Bertz CT molecular complexity index is 511. The van der Waals surface area contributed by atoms with Crippen molar-refractivity contribution in [3.8, 4) is 0 Å². The third-order valence-corrected chi connectivity index (χ3v) is 1.72. The number of H-pyrrole nitrogens is 1. The molecule has 0 saturated carbocycles. The van der Waals surface area contributed by atoms with Crippen LogP contribution >= 0.6 is 0 Å². The number of aromatic nitrogens is 1. The number of amides is 1. The molecule has 0 aromatic carbocycles. The maximum atomic E-state index is 12.3. The summed E-state index contributed by atoms with van der Waals surface area (Å²) in [6.45, 7) is 0. The van der Waals surface area contributed by atoms with Crippen LogP contribution in [-0.2, 0) is 0 Å². The van der Waals surface area contributed by atoms with Crippen LogP contribution in [0.15, 0.2) is 10.9 Å². The molecule has 9 heteroatoms. The molecular formula is C7H5F2N3O4. The van der Waals surface area contributed by atoms with Crippen molar-refractivity contribution in [1.29, 1.82) is 0 Å². The topological polar surface area (TPSA) is 119 Å². The highest BCUT2D eigenvalue weighted by atomic mass is 19.3. The molecule has 0 spiro atoms. The number of alkyl halides is 2. The number of hydrogen-bond donors (Lipinski definition) is 2. The van der Waals surface area contributed by atoms with E-state index in [4.69, 9.17) is 5.73 Å². The first-order valence-electron chi connectivity index (χ1n) is 3.84. The van der Waals surface area contributed by atoms with Crippen molar-refractivity contribution in [1.82, 2.24) is 4.98 Å². The number of carbonyl (C=O) groups is 1. The van der Waals surface area contributed by atoms with Gasteiger partial charge in [0.2, 0.25) is 0 Å². The Kier molecular flexibility index (Phi) is 2.97. The van der Waals surface area contributed by atoms with Crippen molar-refractivity contribution in [2.24, 2.45) is 5.73 Å². The minimum Gasteiger partial charge on any atom is -0.362 e. The molecule has 1 rings (SSSR count). The van der Waals surface area contributed by atoms with E-state index in [9.17, 15) is 28.5 Å². The standard InChI is InChI=1S/C7H5F2N3O4/c8-5(9)4-3(13)1-2(6(10)14)11-7(4)12(15)16/h1,5H,(H2,10,14)(H,11,13). The highest BCUT2D eigenvalue weighted by molar-refractivity contribution is 5.91. The van der Waals surface area contributed by atoms with Crippen LogP contribution in [0.1, 0.15) is 22.5 Å². The van der Waals surface area contributed by atoms with Crippen molar-refractivity contribution in [3.63, 3.8) is 0 Å². The molecular weight excluding hydrogens is 228 g/mol. The first-order chi connectivity index (χ1) is 7.34. The molecule has 1 aromatic heterocycles. The molecule has 0 bridgehead atoms. The molecule has 0 aliphatic rings. The van der Waals surface area contributed by atoms with Crippen molar-refractivity contribution < 1.29 is 18.5 Å². The predicted octanol–water partition coefficient (Wildman–Crippen LogP) is 0.320. The van der Waals surface area contributed by atoms with Crippen LogP contribution in [0.3, 0.4) is 0 Å². The average molecular weight is 233 g/mol. The summed E-state index contributed by atoms with van der Waals surface area (Å²) in [5.74, 6) is -2.38. The number of carbonyl (C=O) groups excluding carboxylic acids is 1. The van der Waals surface area contributed by atoms with Crippen molar-refractivity contribution in [2.75, 3.05) is 0 Å². The third kappa shape index (κ3) is 2.02. The van der Waals surface area contributed by atoms with Gasteiger partial charge in [-0.15, -0.1) is 0 Å². The van der Waals surface area contributed by atoms with Gasteiger partial charge in [-0.3, -0.25) is 9.59 Å². The van der Waals surface area contributed by atoms with E-state index >= 15 is 0 Å². The van der Waals surface area contributed by atoms with Crippen LogP contribution in [0, 0.1) is 10.1 Å². The number of rotatable bonds is 3. The second kappa shape index (κ2) is 4.04. The third-order valence-electron chi connectivity index (χ3n) is 1.72. The van der Waals surface area contributed by atoms with Gasteiger partial charge in [0.25, 0.3) is 12.3 Å². The molecule has 1 amide bonds. The van der Waals surface area contributed by atoms with E-state index in [0.29, 0.717) is 6.07 Å². The molecule has 0 unspecified atom stereocenters. The van der Waals surface area contributed by atoms with E-state index < -0.39 is 39.8 Å². The van der Waals surface area contributed by atoms with Crippen molar-refractivity contribution in [2.45, 2.75) is 6.43 Å². The first-order valence-corrected chi connectivity index (χ1v) is 3.84. The van der Waals surface area contributed by atoms with Crippen LogP contribution in [0.25, 0.3) is 0 Å². The van der Waals surface area contributed by atoms with E-state index in [2.05, 4.69) is 0 Å². The van der Waals surface area contributed by atoms with Gasteiger partial charge in [0, 0.05) is 6.07 Å². The van der Waals surface area contributed by atoms with Crippen LogP contribution in [0.5, 0.6) is 0 Å². The van der Waals surface area contributed by atoms with Crippen LogP contribution in [0.2, 0.25) is 0 Å². The Morgan fingerprint density at radius 1 is 1.56 bits per heavy atom. The maximum absolute atomic E-state index is 12.3. The Hall–Kier alpha value is -2.32. The molecule has 0 radical (unpaired) electrons. The molecule has 0 aliphatic heterocycles. The Morgan fingerprint density at radius 2 is 2.12 bits per heavy atom. The molecule has 16 heavy (non-hydrogen) atoms. The van der Waals surface area contributed by atoms with Gasteiger partial charge in [0.05, 0.1) is 0 Å². The lowest BCUT2D eigenvalue weighted by Crippen LogP contribution is -2.21. The number of hydrogen-bond acceptors (Lipinski definition) is 4. The number of nitrogens with one attached hydrogen (secondary N) is 1. The lowest BCUT2D eigenvalue weighted by Gasteiger charge is -2.02. The van der Waals surface area contributed by atoms with Gasteiger partial charge in [-0.2, -0.15) is 0 Å². The number of pyridine rings is 1. The van der Waals surface area contributed by atoms with Crippen LogP contribution < -0.4 is 11.2 Å². The minimum absolute atomic E-state index is 0.497. The zero-order valence-electron chi connectivity index (χ0n) is 7.57. The van der Waals surface area contributed by atoms with Crippen LogP contribution in [0.4, 0.5) is 14.6 Å². The normalized spacial score (nSPS) is 10.4. The Balaban J connectivity index is 3.59. The minimum atomic E-state index is -3.31. The van der Waals surface area contributed by atoms with Crippen molar-refractivity contribution in [3.05, 3.63) is 37.7 Å². The Morgan fingerprint density at radius 3 is 2.50 bits per heavy atom. The van der Waals surface area contributed by atoms with E-state index in [-0.39, 0.29) is 0 Å². The number of primary amides is 1. The number of aromatic amines is 1. The molecule has 7 nitrogen and oxygen atoms in total. The average Bonchev–Trinajstić information content (AvgIpc) is 2.15. The second-order valence-corrected chi connectivity index (χ2v) is 2.73. The number of nitro groups is 1. The number of halogens is 2. The zero-order valence-corrected chi connectivity index (χ0v) is 7.57. The second-order valence-electron chi connectivity index (χ2n) is 2.73. The summed E-state index contributed by atoms with van der Waals surface area (Å²) in [5, 5.41) is 10.4. The highest BCUT2D eigenvalue weighted by Crippen LogP contribution is 2.23. The predicted molar refractivity (Wildman–Crippen MR) is 47.2 cm³/mol. The SMILES string of the molecule is NC(=O)c1cc(=O)c(C(F)F)c([N+](=O)[O-])[nH]1. The number of nitrogens with zero attached hydrogens (tertiary/aromatic N) is 1.